The molecule has 1 aromatic heterocycles. The summed E-state index contributed by atoms with van der Waals surface area (Å²) in [5.41, 5.74) is 2.39. The van der Waals surface area contributed by atoms with Crippen LogP contribution in [0.25, 0.3) is 0 Å². The Kier molecular flexibility index (Phi) is 7.36. The number of carbonyl (C=O) groups excluding carboxylic acids is 1. The number of rotatable bonds is 5. The van der Waals surface area contributed by atoms with Crippen LogP contribution in [0.1, 0.15) is 75.1 Å². The van der Waals surface area contributed by atoms with Gasteiger partial charge in [-0.05, 0) is 43.7 Å². The van der Waals surface area contributed by atoms with E-state index in [1.54, 1.807) is 0 Å². The van der Waals surface area contributed by atoms with Crippen molar-refractivity contribution < 1.29 is 14.1 Å². The summed E-state index contributed by atoms with van der Waals surface area (Å²) in [5.74, 6) is 0.315. The lowest BCUT2D eigenvalue weighted by molar-refractivity contribution is 0.0783. The standard InChI is InChI=1S/C20H29ClN4O3S2/c1-10(2)13-8-12(5)9-14(11(3)4)15(13)23-19(26)25-30(22,28)17-16(21)24-18(29-17)20(6,7)27/h8-11,27H,1-7H3,(H3,22,23,25,26,28). The van der Waals surface area contributed by atoms with E-state index in [9.17, 15) is 14.1 Å². The van der Waals surface area contributed by atoms with Gasteiger partial charge in [-0.2, -0.15) is 0 Å². The Labute approximate surface area is 187 Å². The maximum absolute atomic E-state index is 13.0. The highest BCUT2D eigenvalue weighted by molar-refractivity contribution is 7.93. The summed E-state index contributed by atoms with van der Waals surface area (Å²) in [4.78, 5) is 16.7. The van der Waals surface area contributed by atoms with Crippen LogP contribution in [-0.4, -0.2) is 20.3 Å². The molecule has 0 spiro atoms. The maximum Gasteiger partial charge on any atom is 0.354 e. The molecule has 2 aromatic rings. The number of nitrogens with one attached hydrogen (secondary N) is 1. The summed E-state index contributed by atoms with van der Waals surface area (Å²) in [7, 11) is -3.65. The molecule has 2 rings (SSSR count). The molecule has 0 saturated heterocycles. The number of halogens is 1. The third-order valence-corrected chi connectivity index (χ3v) is 8.17. The third-order valence-electron chi connectivity index (χ3n) is 4.38. The Morgan fingerprint density at radius 1 is 1.27 bits per heavy atom. The predicted molar refractivity (Wildman–Crippen MR) is 124 cm³/mol. The molecular formula is C20H29ClN4O3S2. The molecule has 4 N–H and O–H groups in total. The van der Waals surface area contributed by atoms with E-state index in [0.717, 1.165) is 28.0 Å². The lowest BCUT2D eigenvalue weighted by Crippen LogP contribution is -2.19. The smallest absolute Gasteiger partial charge is 0.354 e. The van der Waals surface area contributed by atoms with Gasteiger partial charge in [0.25, 0.3) is 0 Å². The van der Waals surface area contributed by atoms with Crippen molar-refractivity contribution in [1.82, 2.24) is 4.98 Å². The molecule has 30 heavy (non-hydrogen) atoms. The fourth-order valence-electron chi connectivity index (χ4n) is 2.92. The zero-order valence-electron chi connectivity index (χ0n) is 18.2. The van der Waals surface area contributed by atoms with Crippen molar-refractivity contribution in [2.24, 2.45) is 9.50 Å². The number of benzene rings is 1. The summed E-state index contributed by atoms with van der Waals surface area (Å²) in [6.45, 7) is 13.2. The van der Waals surface area contributed by atoms with Gasteiger partial charge in [-0.15, -0.1) is 15.7 Å². The van der Waals surface area contributed by atoms with Crippen molar-refractivity contribution in [3.8, 4) is 0 Å². The number of aryl methyl sites for hydroxylation is 1. The van der Waals surface area contributed by atoms with Crippen LogP contribution in [-0.2, 0) is 15.5 Å². The molecule has 0 fully saturated rings. The third kappa shape index (κ3) is 5.59. The van der Waals surface area contributed by atoms with Gasteiger partial charge in [0, 0.05) is 5.69 Å². The number of nitrogens with two attached hydrogens (primary N) is 1. The van der Waals surface area contributed by atoms with Crippen molar-refractivity contribution in [2.45, 2.75) is 70.1 Å². The van der Waals surface area contributed by atoms with Crippen molar-refractivity contribution in [1.29, 1.82) is 0 Å². The van der Waals surface area contributed by atoms with Gasteiger partial charge in [0.05, 0.1) is 0 Å². The predicted octanol–water partition coefficient (Wildman–Crippen LogP) is 5.51. The van der Waals surface area contributed by atoms with Crippen LogP contribution in [0, 0.1) is 6.92 Å². The molecular weight excluding hydrogens is 444 g/mol. The highest BCUT2D eigenvalue weighted by Gasteiger charge is 2.27. The normalized spacial score (nSPS) is 14.1. The number of anilines is 1. The Hall–Kier alpha value is -1.52. The van der Waals surface area contributed by atoms with E-state index in [1.165, 1.54) is 13.8 Å². The zero-order chi connectivity index (χ0) is 23.0. The average Bonchev–Trinajstić information content (AvgIpc) is 2.98. The molecule has 166 valence electrons. The van der Waals surface area contributed by atoms with Gasteiger partial charge < -0.3 is 10.4 Å². The Morgan fingerprint density at radius 3 is 2.17 bits per heavy atom. The summed E-state index contributed by atoms with van der Waals surface area (Å²) < 4.78 is 16.7. The van der Waals surface area contributed by atoms with Gasteiger partial charge in [0.1, 0.15) is 10.6 Å². The SMILES string of the molecule is Cc1cc(C(C)C)c(NC(=O)N=S(N)(=O)c2sc(C(C)(C)O)nc2Cl)c(C(C)C)c1. The van der Waals surface area contributed by atoms with Crippen molar-refractivity contribution in [3.05, 3.63) is 39.0 Å². The van der Waals surface area contributed by atoms with Gasteiger partial charge in [-0.1, -0.05) is 57.0 Å². The van der Waals surface area contributed by atoms with Crippen LogP contribution in [0.5, 0.6) is 0 Å². The second-order valence-corrected chi connectivity index (χ2v) is 11.7. The summed E-state index contributed by atoms with van der Waals surface area (Å²) in [5, 5.41) is 18.9. The highest BCUT2D eigenvalue weighted by Crippen LogP contribution is 2.35. The van der Waals surface area contributed by atoms with Crippen LogP contribution >= 0.6 is 22.9 Å². The van der Waals surface area contributed by atoms with E-state index in [-0.39, 0.29) is 26.2 Å². The minimum atomic E-state index is -3.65. The Morgan fingerprint density at radius 2 is 1.77 bits per heavy atom. The monoisotopic (exact) mass is 472 g/mol. The first-order valence-corrected chi connectivity index (χ1v) is 12.3. The number of aliphatic hydroxyl groups is 1. The van der Waals surface area contributed by atoms with E-state index in [0.29, 0.717) is 5.69 Å². The molecule has 1 aromatic carbocycles. The number of thiazole rings is 1. The molecule has 0 aliphatic rings. The summed E-state index contributed by atoms with van der Waals surface area (Å²) in [6, 6.07) is 3.20. The second kappa shape index (κ2) is 8.92. The van der Waals surface area contributed by atoms with Crippen LogP contribution < -0.4 is 10.5 Å². The molecule has 0 saturated carbocycles. The number of carbonyl (C=O) groups is 1. The fourth-order valence-corrected chi connectivity index (χ4v) is 5.68. The first-order chi connectivity index (χ1) is 13.6. The van der Waals surface area contributed by atoms with Crippen LogP contribution in [0.2, 0.25) is 5.15 Å². The lowest BCUT2D eigenvalue weighted by atomic mass is 9.90. The molecule has 7 nitrogen and oxygen atoms in total. The Bertz CT molecular complexity index is 1050. The van der Waals surface area contributed by atoms with Crippen molar-refractivity contribution >= 4 is 44.6 Å². The Balaban J connectivity index is 2.50. The van der Waals surface area contributed by atoms with Gasteiger partial charge in [0.15, 0.2) is 19.3 Å². The number of hydrogen-bond acceptors (Lipinski definition) is 5. The highest BCUT2D eigenvalue weighted by atomic mass is 35.5. The maximum atomic E-state index is 13.0. The molecule has 1 heterocycles. The van der Waals surface area contributed by atoms with Crippen molar-refractivity contribution in [2.75, 3.05) is 5.32 Å². The number of hydrogen-bond donors (Lipinski definition) is 3. The molecule has 2 amide bonds. The van der Waals surface area contributed by atoms with E-state index in [2.05, 4.69) is 14.7 Å². The number of urea groups is 1. The first kappa shape index (κ1) is 24.7. The minimum Gasteiger partial charge on any atom is -0.383 e. The van der Waals surface area contributed by atoms with E-state index in [4.69, 9.17) is 16.7 Å². The van der Waals surface area contributed by atoms with Gasteiger partial charge in [-0.3, -0.25) is 0 Å². The zero-order valence-corrected chi connectivity index (χ0v) is 20.6. The topological polar surface area (TPSA) is 118 Å². The molecule has 1 atom stereocenters. The second-order valence-electron chi connectivity index (χ2n) is 8.37. The molecule has 0 bridgehead atoms. The average molecular weight is 473 g/mol. The summed E-state index contributed by atoms with van der Waals surface area (Å²) in [6.07, 6.45) is 0. The number of nitrogens with zero attached hydrogens (tertiary/aromatic N) is 2. The summed E-state index contributed by atoms with van der Waals surface area (Å²) >= 11 is 6.94. The van der Waals surface area contributed by atoms with E-state index >= 15 is 0 Å². The number of aromatic nitrogens is 1. The molecule has 0 aliphatic heterocycles. The van der Waals surface area contributed by atoms with Gasteiger partial charge >= 0.3 is 6.03 Å². The van der Waals surface area contributed by atoms with Crippen LogP contribution in [0.3, 0.4) is 0 Å². The minimum absolute atomic E-state index is 0.0477. The molecule has 1 unspecified atom stereocenters. The van der Waals surface area contributed by atoms with Crippen LogP contribution in [0.15, 0.2) is 20.7 Å². The molecule has 0 aliphatic carbocycles. The van der Waals surface area contributed by atoms with Gasteiger partial charge in [-0.25, -0.2) is 19.1 Å². The van der Waals surface area contributed by atoms with E-state index < -0.39 is 21.5 Å². The largest absolute Gasteiger partial charge is 0.383 e. The lowest BCUT2D eigenvalue weighted by Gasteiger charge is -2.20. The van der Waals surface area contributed by atoms with Crippen molar-refractivity contribution in [3.63, 3.8) is 0 Å². The molecule has 0 radical (unpaired) electrons. The van der Waals surface area contributed by atoms with Crippen LogP contribution in [0.4, 0.5) is 10.5 Å². The number of amides is 2. The van der Waals surface area contributed by atoms with E-state index in [1.807, 2.05) is 46.8 Å². The fraction of sp³-hybridized carbons (Fsp3) is 0.500. The molecule has 10 heteroatoms. The van der Waals surface area contributed by atoms with Gasteiger partial charge in [0.2, 0.25) is 0 Å². The quantitative estimate of drug-likeness (QED) is 0.531. The first-order valence-electron chi connectivity index (χ1n) is 9.53.